The van der Waals surface area contributed by atoms with Crippen LogP contribution in [0.1, 0.15) is 32.2 Å². The Labute approximate surface area is 222 Å². The van der Waals surface area contributed by atoms with Gasteiger partial charge < -0.3 is 14.4 Å². The summed E-state index contributed by atoms with van der Waals surface area (Å²) in [5.41, 5.74) is 2.28. The second-order valence-corrected chi connectivity index (χ2v) is 11.0. The van der Waals surface area contributed by atoms with E-state index >= 15 is 0 Å². The van der Waals surface area contributed by atoms with Gasteiger partial charge in [0, 0.05) is 38.3 Å². The molecular weight excluding hydrogens is 483 g/mol. The lowest BCUT2D eigenvalue weighted by Gasteiger charge is -2.34. The lowest BCUT2D eigenvalue weighted by Crippen LogP contribution is -2.48. The molecule has 4 aromatic rings. The molecule has 0 aliphatic carbocycles. The first-order chi connectivity index (χ1) is 18.3. The molecule has 8 heteroatoms. The summed E-state index contributed by atoms with van der Waals surface area (Å²) in [7, 11) is 0. The zero-order valence-corrected chi connectivity index (χ0v) is 22.2. The van der Waals surface area contributed by atoms with Gasteiger partial charge in [0.25, 0.3) is 5.89 Å². The van der Waals surface area contributed by atoms with Crippen LogP contribution >= 0.6 is 0 Å². The second kappa shape index (κ2) is 11.2. The minimum atomic E-state index is -0.673. The highest BCUT2D eigenvalue weighted by atomic mass is 19.1. The summed E-state index contributed by atoms with van der Waals surface area (Å²) in [6.45, 7) is 11.1. The first-order valence-corrected chi connectivity index (χ1v) is 13.1. The molecule has 0 amide bonds. The van der Waals surface area contributed by atoms with Crippen molar-refractivity contribution in [1.29, 1.82) is 0 Å². The molecule has 0 saturated carbocycles. The number of hydrogen-bond acceptors (Lipinski definition) is 7. The van der Waals surface area contributed by atoms with Crippen LogP contribution in [0.15, 0.2) is 65.2 Å². The molecule has 1 aliphatic rings. The molecule has 1 aromatic heterocycles. The number of aromatic nitrogens is 2. The van der Waals surface area contributed by atoms with Crippen LogP contribution in [0.2, 0.25) is 0 Å². The van der Waals surface area contributed by atoms with Gasteiger partial charge >= 0.3 is 0 Å². The number of piperazine rings is 1. The van der Waals surface area contributed by atoms with E-state index in [0.717, 1.165) is 37.1 Å². The molecule has 1 aliphatic heterocycles. The summed E-state index contributed by atoms with van der Waals surface area (Å²) in [4.78, 5) is 9.10. The van der Waals surface area contributed by atoms with Crippen LogP contribution in [0.25, 0.3) is 22.2 Å². The quantitative estimate of drug-likeness (QED) is 0.356. The van der Waals surface area contributed by atoms with E-state index in [4.69, 9.17) is 9.26 Å². The lowest BCUT2D eigenvalue weighted by atomic mass is 9.87. The Kier molecular flexibility index (Phi) is 7.74. The average molecular weight is 519 g/mol. The van der Waals surface area contributed by atoms with Gasteiger partial charge in [-0.15, -0.1) is 0 Å². The van der Waals surface area contributed by atoms with Gasteiger partial charge in [0.05, 0.1) is 11.9 Å². The number of nitrogens with zero attached hydrogens (tertiary/aromatic N) is 4. The number of aliphatic hydroxyl groups is 1. The lowest BCUT2D eigenvalue weighted by molar-refractivity contribution is 0.0443. The highest BCUT2D eigenvalue weighted by Gasteiger charge is 2.22. The summed E-state index contributed by atoms with van der Waals surface area (Å²) in [6, 6.07) is 18.6. The Balaban J connectivity index is 1.08. The van der Waals surface area contributed by atoms with E-state index in [9.17, 15) is 9.50 Å². The number of aliphatic hydroxyl groups excluding tert-OH is 1. The van der Waals surface area contributed by atoms with E-state index in [0.29, 0.717) is 35.9 Å². The molecule has 0 bridgehead atoms. The van der Waals surface area contributed by atoms with Gasteiger partial charge in [0.1, 0.15) is 24.3 Å². The van der Waals surface area contributed by atoms with Crippen LogP contribution < -0.4 is 4.74 Å². The molecule has 1 atom stereocenters. The summed E-state index contributed by atoms with van der Waals surface area (Å²) in [5, 5.41) is 16.0. The normalized spacial score (nSPS) is 16.1. The standard InChI is InChI=1S/C30H35FN4O3/c1-30(2,3)23-12-10-22(11-13-23)29-32-27(33-38-29)19-35-16-14-34(15-17-35)18-24(36)20-37-26-9-5-7-21-6-4-8-25(31)28(21)26/h4-13,24,36H,14-20H2,1-3H3. The minimum Gasteiger partial charge on any atom is -0.490 e. The average Bonchev–Trinajstić information content (AvgIpc) is 3.37. The van der Waals surface area contributed by atoms with Crippen LogP contribution in [-0.2, 0) is 12.0 Å². The summed E-state index contributed by atoms with van der Waals surface area (Å²) in [5.74, 6) is 1.34. The molecule has 1 unspecified atom stereocenters. The molecule has 2 heterocycles. The maximum atomic E-state index is 14.3. The zero-order valence-electron chi connectivity index (χ0n) is 22.2. The monoisotopic (exact) mass is 518 g/mol. The Morgan fingerprint density at radius 1 is 0.974 bits per heavy atom. The molecule has 200 valence electrons. The minimum absolute atomic E-state index is 0.0972. The predicted octanol–water partition coefficient (Wildman–Crippen LogP) is 4.88. The van der Waals surface area contributed by atoms with E-state index in [2.05, 4.69) is 52.8 Å². The van der Waals surface area contributed by atoms with E-state index in [-0.39, 0.29) is 17.8 Å². The smallest absolute Gasteiger partial charge is 0.257 e. The van der Waals surface area contributed by atoms with E-state index in [1.165, 1.54) is 11.6 Å². The Morgan fingerprint density at radius 3 is 2.37 bits per heavy atom. The molecule has 38 heavy (non-hydrogen) atoms. The molecule has 5 rings (SSSR count). The fourth-order valence-corrected chi connectivity index (χ4v) is 4.80. The van der Waals surface area contributed by atoms with Crippen molar-refractivity contribution in [2.75, 3.05) is 39.3 Å². The van der Waals surface area contributed by atoms with Crippen molar-refractivity contribution in [2.24, 2.45) is 0 Å². The molecule has 3 aromatic carbocycles. The maximum absolute atomic E-state index is 14.3. The number of ether oxygens (including phenoxy) is 1. The van der Waals surface area contributed by atoms with Gasteiger partial charge in [0.15, 0.2) is 5.82 Å². The third kappa shape index (κ3) is 6.20. The van der Waals surface area contributed by atoms with Gasteiger partial charge in [-0.25, -0.2) is 4.39 Å². The van der Waals surface area contributed by atoms with Crippen molar-refractivity contribution in [1.82, 2.24) is 19.9 Å². The van der Waals surface area contributed by atoms with Gasteiger partial charge in [0.2, 0.25) is 0 Å². The second-order valence-electron chi connectivity index (χ2n) is 11.0. The molecule has 0 radical (unpaired) electrons. The third-order valence-corrected chi connectivity index (χ3v) is 7.01. The van der Waals surface area contributed by atoms with Crippen molar-refractivity contribution in [2.45, 2.75) is 38.8 Å². The first kappa shape index (κ1) is 26.3. The largest absolute Gasteiger partial charge is 0.490 e. The number of fused-ring (bicyclic) bond motifs is 1. The van der Waals surface area contributed by atoms with E-state index in [1.54, 1.807) is 12.1 Å². The molecule has 1 saturated heterocycles. The Bertz CT molecular complexity index is 1350. The number of β-amino-alcohol motifs (C(OH)–C–C–N with tert-alkyl or cyclic N) is 1. The molecule has 0 spiro atoms. The van der Waals surface area contributed by atoms with Crippen molar-refractivity contribution < 1.29 is 18.8 Å². The van der Waals surface area contributed by atoms with Gasteiger partial charge in [-0.2, -0.15) is 4.98 Å². The SMILES string of the molecule is CC(C)(C)c1ccc(-c2nc(CN3CCN(CC(O)COc4cccc5cccc(F)c45)CC3)no2)cc1. The van der Waals surface area contributed by atoms with Crippen LogP contribution in [-0.4, -0.2) is 70.5 Å². The van der Waals surface area contributed by atoms with Crippen molar-refractivity contribution in [3.63, 3.8) is 0 Å². The van der Waals surface area contributed by atoms with Crippen LogP contribution in [0, 0.1) is 5.82 Å². The maximum Gasteiger partial charge on any atom is 0.257 e. The highest BCUT2D eigenvalue weighted by molar-refractivity contribution is 5.88. The summed E-state index contributed by atoms with van der Waals surface area (Å²) >= 11 is 0. The van der Waals surface area contributed by atoms with Crippen molar-refractivity contribution in [3.05, 3.63) is 77.9 Å². The Morgan fingerprint density at radius 2 is 1.66 bits per heavy atom. The van der Waals surface area contributed by atoms with Gasteiger partial charge in [-0.05, 0) is 40.6 Å². The predicted molar refractivity (Wildman–Crippen MR) is 146 cm³/mol. The molecule has 7 nitrogen and oxygen atoms in total. The third-order valence-electron chi connectivity index (χ3n) is 7.01. The number of benzene rings is 3. The molecular formula is C30H35FN4O3. The number of hydrogen-bond donors (Lipinski definition) is 1. The summed E-state index contributed by atoms with van der Waals surface area (Å²) < 4.78 is 25.6. The summed E-state index contributed by atoms with van der Waals surface area (Å²) in [6.07, 6.45) is -0.673. The Hall–Kier alpha value is -3.33. The fourth-order valence-electron chi connectivity index (χ4n) is 4.80. The fraction of sp³-hybridized carbons (Fsp3) is 0.400. The van der Waals surface area contributed by atoms with Crippen LogP contribution in [0.4, 0.5) is 4.39 Å². The zero-order chi connectivity index (χ0) is 26.7. The number of rotatable bonds is 8. The number of halogens is 1. The van der Waals surface area contributed by atoms with E-state index < -0.39 is 6.10 Å². The van der Waals surface area contributed by atoms with Crippen molar-refractivity contribution in [3.8, 4) is 17.2 Å². The van der Waals surface area contributed by atoms with Crippen LogP contribution in [0.3, 0.4) is 0 Å². The topological polar surface area (TPSA) is 74.9 Å². The van der Waals surface area contributed by atoms with Gasteiger partial charge in [-0.1, -0.05) is 62.3 Å². The van der Waals surface area contributed by atoms with Crippen LogP contribution in [0.5, 0.6) is 5.75 Å². The highest BCUT2D eigenvalue weighted by Crippen LogP contribution is 2.28. The van der Waals surface area contributed by atoms with E-state index in [1.807, 2.05) is 30.3 Å². The first-order valence-electron chi connectivity index (χ1n) is 13.1. The molecule has 1 fully saturated rings. The van der Waals surface area contributed by atoms with Gasteiger partial charge in [-0.3, -0.25) is 9.80 Å². The van der Waals surface area contributed by atoms with Crippen molar-refractivity contribution >= 4 is 10.8 Å². The molecule has 1 N–H and O–H groups in total.